The van der Waals surface area contributed by atoms with Gasteiger partial charge in [-0.25, -0.2) is 0 Å². The molecule has 5 nitrogen and oxygen atoms in total. The molecule has 5 heteroatoms. The smallest absolute Gasteiger partial charge is 0.243 e. The first-order valence-electron chi connectivity index (χ1n) is 9.92. The van der Waals surface area contributed by atoms with E-state index in [2.05, 4.69) is 28.9 Å². The number of carbonyl (C=O) groups excluding carboxylic acids is 1. The maximum atomic E-state index is 12.9. The highest BCUT2D eigenvalue weighted by Gasteiger charge is 2.28. The van der Waals surface area contributed by atoms with Gasteiger partial charge in [0.2, 0.25) is 5.91 Å². The number of amides is 1. The van der Waals surface area contributed by atoms with Crippen LogP contribution in [0.1, 0.15) is 18.1 Å². The summed E-state index contributed by atoms with van der Waals surface area (Å²) >= 11 is 0. The van der Waals surface area contributed by atoms with Gasteiger partial charge in [-0.05, 0) is 32.0 Å². The minimum Gasteiger partial charge on any atom is -0.496 e. The number of rotatable bonds is 6. The zero-order valence-electron chi connectivity index (χ0n) is 17.4. The maximum absolute atomic E-state index is 12.9. The van der Waals surface area contributed by atoms with Gasteiger partial charge in [0.05, 0.1) is 13.2 Å². The van der Waals surface area contributed by atoms with Crippen LogP contribution in [-0.2, 0) is 11.3 Å². The Morgan fingerprint density at radius 2 is 1.79 bits per heavy atom. The summed E-state index contributed by atoms with van der Waals surface area (Å²) in [4.78, 5) is 19.4. The molecule has 1 saturated heterocycles. The largest absolute Gasteiger partial charge is 0.496 e. The fourth-order valence-corrected chi connectivity index (χ4v) is 3.80. The predicted molar refractivity (Wildman–Crippen MR) is 114 cm³/mol. The number of para-hydroxylation sites is 1. The molecule has 1 aliphatic rings. The van der Waals surface area contributed by atoms with E-state index >= 15 is 0 Å². The molecule has 2 aromatic carbocycles. The molecule has 3 rings (SSSR count). The fraction of sp³-hybridized carbons (Fsp3) is 0.435. The van der Waals surface area contributed by atoms with Crippen LogP contribution in [0, 0.1) is 6.92 Å². The lowest BCUT2D eigenvalue weighted by Crippen LogP contribution is -2.53. The van der Waals surface area contributed by atoms with Gasteiger partial charge in [0.1, 0.15) is 5.75 Å². The molecule has 150 valence electrons. The number of piperazine rings is 1. The zero-order chi connectivity index (χ0) is 20.1. The van der Waals surface area contributed by atoms with Crippen LogP contribution in [0.5, 0.6) is 5.75 Å². The Kier molecular flexibility index (Phi) is 6.70. The summed E-state index contributed by atoms with van der Waals surface area (Å²) in [6, 6.07) is 16.0. The summed E-state index contributed by atoms with van der Waals surface area (Å²) < 4.78 is 5.51. The number of hydrogen-bond acceptors (Lipinski definition) is 4. The van der Waals surface area contributed by atoms with Crippen molar-refractivity contribution in [2.24, 2.45) is 0 Å². The molecule has 0 unspecified atom stereocenters. The van der Waals surface area contributed by atoms with Crippen LogP contribution in [0.2, 0.25) is 0 Å². The topological polar surface area (TPSA) is 36.0 Å². The second-order valence-corrected chi connectivity index (χ2v) is 7.54. The number of anilines is 1. The van der Waals surface area contributed by atoms with Crippen molar-refractivity contribution in [3.8, 4) is 5.75 Å². The summed E-state index contributed by atoms with van der Waals surface area (Å²) in [5.74, 6) is 1.08. The highest BCUT2D eigenvalue weighted by molar-refractivity contribution is 5.96. The second-order valence-electron chi connectivity index (χ2n) is 7.54. The fourth-order valence-electron chi connectivity index (χ4n) is 3.80. The van der Waals surface area contributed by atoms with E-state index < -0.39 is 0 Å². The van der Waals surface area contributed by atoms with Gasteiger partial charge >= 0.3 is 0 Å². The van der Waals surface area contributed by atoms with Gasteiger partial charge in [-0.3, -0.25) is 14.6 Å². The van der Waals surface area contributed by atoms with E-state index in [0.717, 1.165) is 44.2 Å². The number of nitrogens with zero attached hydrogens (tertiary/aromatic N) is 3. The van der Waals surface area contributed by atoms with Crippen LogP contribution in [0.3, 0.4) is 0 Å². The van der Waals surface area contributed by atoms with Crippen molar-refractivity contribution in [3.05, 3.63) is 59.7 Å². The minimum absolute atomic E-state index is 0.124. The van der Waals surface area contributed by atoms with Crippen LogP contribution < -0.4 is 9.64 Å². The number of methoxy groups -OCH3 is 1. The lowest BCUT2D eigenvalue weighted by atomic mass is 10.1. The molecule has 1 fully saturated rings. The molecule has 0 N–H and O–H groups in total. The van der Waals surface area contributed by atoms with E-state index in [1.54, 1.807) is 12.0 Å². The molecular formula is C23H31N3O2. The van der Waals surface area contributed by atoms with E-state index in [1.807, 2.05) is 50.4 Å². The van der Waals surface area contributed by atoms with Crippen LogP contribution in [0.4, 0.5) is 5.69 Å². The molecule has 0 radical (unpaired) electrons. The van der Waals surface area contributed by atoms with Crippen molar-refractivity contribution in [1.82, 2.24) is 9.80 Å². The van der Waals surface area contributed by atoms with Gasteiger partial charge in [-0.2, -0.15) is 0 Å². The minimum atomic E-state index is -0.124. The first-order chi connectivity index (χ1) is 13.5. The van der Waals surface area contributed by atoms with Gasteiger partial charge < -0.3 is 9.64 Å². The second kappa shape index (κ2) is 9.22. The van der Waals surface area contributed by atoms with E-state index in [1.165, 1.54) is 11.1 Å². The van der Waals surface area contributed by atoms with Crippen LogP contribution in [0.15, 0.2) is 48.5 Å². The third-order valence-corrected chi connectivity index (χ3v) is 5.62. The Morgan fingerprint density at radius 1 is 1.11 bits per heavy atom. The molecule has 1 atom stereocenters. The Morgan fingerprint density at radius 3 is 2.43 bits per heavy atom. The molecular weight excluding hydrogens is 350 g/mol. The van der Waals surface area contributed by atoms with Crippen molar-refractivity contribution in [1.29, 1.82) is 0 Å². The number of aryl methyl sites for hydroxylation is 1. The highest BCUT2D eigenvalue weighted by atomic mass is 16.5. The quantitative estimate of drug-likeness (QED) is 0.770. The number of likely N-dealkylation sites (N-methyl/N-ethyl adjacent to an activating group) is 1. The Balaban J connectivity index is 1.56. The van der Waals surface area contributed by atoms with Gasteiger partial charge in [0.15, 0.2) is 0 Å². The highest BCUT2D eigenvalue weighted by Crippen LogP contribution is 2.22. The third kappa shape index (κ3) is 4.72. The first kappa shape index (κ1) is 20.4. The summed E-state index contributed by atoms with van der Waals surface area (Å²) in [5, 5.41) is 0. The summed E-state index contributed by atoms with van der Waals surface area (Å²) in [6.45, 7) is 8.68. The Bertz CT molecular complexity index is 786. The summed E-state index contributed by atoms with van der Waals surface area (Å²) in [7, 11) is 3.58. The summed E-state index contributed by atoms with van der Waals surface area (Å²) in [6.07, 6.45) is 0. The number of benzene rings is 2. The molecule has 0 aromatic heterocycles. The SMILES string of the molecule is COc1ccc(C)cc1CN1CCN([C@H](C)C(=O)N(C)c2ccccc2)CC1. The molecule has 0 saturated carbocycles. The lowest BCUT2D eigenvalue weighted by molar-refractivity contribution is -0.123. The van der Waals surface area contributed by atoms with E-state index in [9.17, 15) is 4.79 Å². The van der Waals surface area contributed by atoms with Crippen molar-refractivity contribution < 1.29 is 9.53 Å². The van der Waals surface area contributed by atoms with Gasteiger partial charge in [-0.15, -0.1) is 0 Å². The molecule has 0 bridgehead atoms. The normalized spacial score (nSPS) is 16.6. The Hall–Kier alpha value is -2.37. The first-order valence-corrected chi connectivity index (χ1v) is 9.92. The van der Waals surface area contributed by atoms with Crippen molar-refractivity contribution in [3.63, 3.8) is 0 Å². The van der Waals surface area contributed by atoms with Crippen molar-refractivity contribution in [2.75, 3.05) is 45.2 Å². The maximum Gasteiger partial charge on any atom is 0.243 e. The summed E-state index contributed by atoms with van der Waals surface area (Å²) in [5.41, 5.74) is 3.41. The monoisotopic (exact) mass is 381 g/mol. The molecule has 2 aromatic rings. The van der Waals surface area contributed by atoms with Gasteiger partial charge in [0, 0.05) is 51.0 Å². The van der Waals surface area contributed by atoms with E-state index in [-0.39, 0.29) is 11.9 Å². The molecule has 1 aliphatic heterocycles. The average molecular weight is 382 g/mol. The van der Waals surface area contributed by atoms with Crippen LogP contribution >= 0.6 is 0 Å². The van der Waals surface area contributed by atoms with Crippen LogP contribution in [0.25, 0.3) is 0 Å². The molecule has 1 heterocycles. The average Bonchev–Trinajstić information content (AvgIpc) is 2.73. The molecule has 28 heavy (non-hydrogen) atoms. The molecule has 1 amide bonds. The molecule has 0 spiro atoms. The number of ether oxygens (including phenoxy) is 1. The van der Waals surface area contributed by atoms with Gasteiger partial charge in [-0.1, -0.05) is 35.9 Å². The lowest BCUT2D eigenvalue weighted by Gasteiger charge is -2.38. The number of hydrogen-bond donors (Lipinski definition) is 0. The standard InChI is InChI=1S/C23H31N3O2/c1-18-10-11-22(28-4)20(16-18)17-25-12-14-26(15-13-25)19(2)23(27)24(3)21-8-6-5-7-9-21/h5-11,16,19H,12-15,17H2,1-4H3/t19-/m1/s1. The molecule has 0 aliphatic carbocycles. The third-order valence-electron chi connectivity index (χ3n) is 5.62. The van der Waals surface area contributed by atoms with Crippen LogP contribution in [-0.4, -0.2) is 62.1 Å². The zero-order valence-corrected chi connectivity index (χ0v) is 17.4. The van der Waals surface area contributed by atoms with Gasteiger partial charge in [0.25, 0.3) is 0 Å². The number of carbonyl (C=O) groups is 1. The predicted octanol–water partition coefficient (Wildman–Crippen LogP) is 3.17. The Labute approximate surface area is 168 Å². The van der Waals surface area contributed by atoms with E-state index in [4.69, 9.17) is 4.74 Å². The van der Waals surface area contributed by atoms with E-state index in [0.29, 0.717) is 0 Å². The van der Waals surface area contributed by atoms with Crippen molar-refractivity contribution in [2.45, 2.75) is 26.4 Å². The van der Waals surface area contributed by atoms with Crippen molar-refractivity contribution >= 4 is 11.6 Å².